The molecule has 1 nitrogen and oxygen atoms in total. The molecular weight excluding hydrogens is 170 g/mol. The molecule has 2 aromatic rings. The smallest absolute Gasteiger partial charge is 0.0739 e. The predicted octanol–water partition coefficient (Wildman–Crippen LogP) is 3.41. The van der Waals surface area contributed by atoms with Crippen LogP contribution in [0.3, 0.4) is 0 Å². The van der Waals surface area contributed by atoms with Crippen LogP contribution >= 0.6 is 0 Å². The molecular formula is C13H15N. The van der Waals surface area contributed by atoms with Gasteiger partial charge >= 0.3 is 0 Å². The molecule has 0 bridgehead atoms. The number of para-hydroxylation sites is 1. The van der Waals surface area contributed by atoms with Gasteiger partial charge in [0.25, 0.3) is 0 Å². The Morgan fingerprint density at radius 1 is 1.21 bits per heavy atom. The van der Waals surface area contributed by atoms with Crippen LogP contribution in [-0.2, 0) is 6.42 Å². The maximum Gasteiger partial charge on any atom is 0.0739 e. The summed E-state index contributed by atoms with van der Waals surface area (Å²) < 4.78 is 0. The Balaban J connectivity index is 2.86. The molecule has 0 atom stereocenters. The molecule has 1 aromatic heterocycles. The van der Waals surface area contributed by atoms with E-state index in [1.165, 1.54) is 22.0 Å². The molecule has 1 aromatic carbocycles. The number of pyridine rings is 1. The van der Waals surface area contributed by atoms with Crippen LogP contribution in [0.4, 0.5) is 0 Å². The molecule has 0 N–H and O–H groups in total. The Hall–Kier alpha value is -1.37. The molecule has 1 heterocycles. The van der Waals surface area contributed by atoms with E-state index in [4.69, 9.17) is 0 Å². The van der Waals surface area contributed by atoms with E-state index in [1.54, 1.807) is 0 Å². The fourth-order valence-corrected chi connectivity index (χ4v) is 1.93. The van der Waals surface area contributed by atoms with Gasteiger partial charge in [-0.2, -0.15) is 0 Å². The number of aryl methyl sites for hydroxylation is 3. The van der Waals surface area contributed by atoms with Crippen molar-refractivity contribution in [1.29, 1.82) is 0 Å². The minimum atomic E-state index is 1.05. The summed E-state index contributed by atoms with van der Waals surface area (Å²) in [6, 6.07) is 8.57. The van der Waals surface area contributed by atoms with E-state index in [-0.39, 0.29) is 0 Å². The highest BCUT2D eigenvalue weighted by Gasteiger charge is 2.03. The standard InChI is InChI=1S/C13H15N/c1-4-11-6-5-7-12-9(2)8-10(3)14-13(11)12/h5-8H,4H2,1-3H3. The van der Waals surface area contributed by atoms with Crippen molar-refractivity contribution in [2.75, 3.05) is 0 Å². The fraction of sp³-hybridized carbons (Fsp3) is 0.308. The maximum absolute atomic E-state index is 4.61. The predicted molar refractivity (Wildman–Crippen MR) is 60.6 cm³/mol. The first kappa shape index (κ1) is 9.20. The molecule has 0 spiro atoms. The summed E-state index contributed by atoms with van der Waals surface area (Å²) in [5, 5.41) is 1.29. The Bertz CT molecular complexity index is 472. The quantitative estimate of drug-likeness (QED) is 0.663. The molecule has 0 aliphatic rings. The summed E-state index contributed by atoms with van der Waals surface area (Å²) in [6.07, 6.45) is 1.05. The van der Waals surface area contributed by atoms with Crippen molar-refractivity contribution in [3.05, 3.63) is 41.1 Å². The maximum atomic E-state index is 4.61. The topological polar surface area (TPSA) is 12.9 Å². The molecule has 0 fully saturated rings. The highest BCUT2D eigenvalue weighted by atomic mass is 14.7. The van der Waals surface area contributed by atoms with E-state index >= 15 is 0 Å². The lowest BCUT2D eigenvalue weighted by molar-refractivity contribution is 1.13. The number of fused-ring (bicyclic) bond motifs is 1. The summed E-state index contributed by atoms with van der Waals surface area (Å²) in [5.41, 5.74) is 4.94. The number of rotatable bonds is 1. The normalized spacial score (nSPS) is 10.8. The zero-order valence-electron chi connectivity index (χ0n) is 8.96. The van der Waals surface area contributed by atoms with Crippen LogP contribution in [0.1, 0.15) is 23.7 Å². The molecule has 0 radical (unpaired) electrons. The van der Waals surface area contributed by atoms with Crippen molar-refractivity contribution in [1.82, 2.24) is 4.98 Å². The van der Waals surface area contributed by atoms with Crippen LogP contribution in [0.5, 0.6) is 0 Å². The van der Waals surface area contributed by atoms with Crippen molar-refractivity contribution in [3.63, 3.8) is 0 Å². The monoisotopic (exact) mass is 185 g/mol. The van der Waals surface area contributed by atoms with Crippen LogP contribution in [0.2, 0.25) is 0 Å². The van der Waals surface area contributed by atoms with Crippen LogP contribution in [0.25, 0.3) is 10.9 Å². The van der Waals surface area contributed by atoms with Gasteiger partial charge in [0, 0.05) is 11.1 Å². The first-order chi connectivity index (χ1) is 6.72. The average Bonchev–Trinajstić information content (AvgIpc) is 2.17. The average molecular weight is 185 g/mol. The van der Waals surface area contributed by atoms with Crippen molar-refractivity contribution < 1.29 is 0 Å². The lowest BCUT2D eigenvalue weighted by atomic mass is 10.0. The van der Waals surface area contributed by atoms with Crippen molar-refractivity contribution in [2.45, 2.75) is 27.2 Å². The minimum Gasteiger partial charge on any atom is -0.253 e. The summed E-state index contributed by atoms with van der Waals surface area (Å²) in [5.74, 6) is 0. The number of aromatic nitrogens is 1. The third kappa shape index (κ3) is 1.39. The van der Waals surface area contributed by atoms with Gasteiger partial charge in [-0.05, 0) is 37.5 Å². The summed E-state index contributed by atoms with van der Waals surface area (Å²) >= 11 is 0. The van der Waals surface area contributed by atoms with Gasteiger partial charge in [0.2, 0.25) is 0 Å². The largest absolute Gasteiger partial charge is 0.253 e. The van der Waals surface area contributed by atoms with E-state index in [0.717, 1.165) is 12.1 Å². The second-order valence-corrected chi connectivity index (χ2v) is 3.75. The Kier molecular flexibility index (Phi) is 2.24. The van der Waals surface area contributed by atoms with Gasteiger partial charge in [-0.3, -0.25) is 4.98 Å². The summed E-state index contributed by atoms with van der Waals surface area (Å²) in [4.78, 5) is 4.61. The molecule has 14 heavy (non-hydrogen) atoms. The van der Waals surface area contributed by atoms with E-state index in [9.17, 15) is 0 Å². The number of benzene rings is 1. The van der Waals surface area contributed by atoms with Crippen molar-refractivity contribution in [2.24, 2.45) is 0 Å². The van der Waals surface area contributed by atoms with Gasteiger partial charge in [0.05, 0.1) is 5.52 Å². The first-order valence-electron chi connectivity index (χ1n) is 5.08. The zero-order valence-corrected chi connectivity index (χ0v) is 8.96. The van der Waals surface area contributed by atoms with Crippen LogP contribution in [0.15, 0.2) is 24.3 Å². The van der Waals surface area contributed by atoms with Gasteiger partial charge in [-0.15, -0.1) is 0 Å². The van der Waals surface area contributed by atoms with E-state index in [1.807, 2.05) is 0 Å². The SMILES string of the molecule is CCc1cccc2c(C)cc(C)nc12. The Morgan fingerprint density at radius 3 is 2.71 bits per heavy atom. The van der Waals surface area contributed by atoms with Gasteiger partial charge in [-0.1, -0.05) is 25.1 Å². The van der Waals surface area contributed by atoms with E-state index in [0.29, 0.717) is 0 Å². The minimum absolute atomic E-state index is 1.05. The molecule has 72 valence electrons. The van der Waals surface area contributed by atoms with Gasteiger partial charge in [-0.25, -0.2) is 0 Å². The van der Waals surface area contributed by atoms with Gasteiger partial charge < -0.3 is 0 Å². The lowest BCUT2D eigenvalue weighted by Gasteiger charge is -2.07. The van der Waals surface area contributed by atoms with Crippen molar-refractivity contribution >= 4 is 10.9 Å². The first-order valence-corrected chi connectivity index (χ1v) is 5.08. The molecule has 1 heteroatoms. The third-order valence-corrected chi connectivity index (χ3v) is 2.64. The molecule has 0 saturated heterocycles. The van der Waals surface area contributed by atoms with Crippen molar-refractivity contribution in [3.8, 4) is 0 Å². The van der Waals surface area contributed by atoms with E-state index in [2.05, 4.69) is 50.0 Å². The summed E-state index contributed by atoms with van der Waals surface area (Å²) in [7, 11) is 0. The molecule has 2 rings (SSSR count). The van der Waals surface area contributed by atoms with Gasteiger partial charge in [0.1, 0.15) is 0 Å². The highest BCUT2D eigenvalue weighted by molar-refractivity contribution is 5.85. The molecule has 0 unspecified atom stereocenters. The second-order valence-electron chi connectivity index (χ2n) is 3.75. The van der Waals surface area contributed by atoms with Gasteiger partial charge in [0.15, 0.2) is 0 Å². The third-order valence-electron chi connectivity index (χ3n) is 2.64. The molecule has 0 aliphatic heterocycles. The Morgan fingerprint density at radius 2 is 2.00 bits per heavy atom. The highest BCUT2D eigenvalue weighted by Crippen LogP contribution is 2.21. The summed E-state index contributed by atoms with van der Waals surface area (Å²) in [6.45, 7) is 6.38. The number of hydrogen-bond acceptors (Lipinski definition) is 1. The number of hydrogen-bond donors (Lipinski definition) is 0. The Labute approximate surface area is 84.8 Å². The second kappa shape index (κ2) is 3.41. The van der Waals surface area contributed by atoms with Crippen LogP contribution in [0, 0.1) is 13.8 Å². The number of nitrogens with zero attached hydrogens (tertiary/aromatic N) is 1. The molecule has 0 saturated carbocycles. The van der Waals surface area contributed by atoms with E-state index < -0.39 is 0 Å². The lowest BCUT2D eigenvalue weighted by Crippen LogP contribution is -1.91. The van der Waals surface area contributed by atoms with Crippen LogP contribution < -0.4 is 0 Å². The molecule has 0 amide bonds. The molecule has 0 aliphatic carbocycles. The fourth-order valence-electron chi connectivity index (χ4n) is 1.93. The zero-order chi connectivity index (χ0) is 10.1. The van der Waals surface area contributed by atoms with Crippen LogP contribution in [-0.4, -0.2) is 4.98 Å².